The molecule has 0 fully saturated rings. The normalized spacial score (nSPS) is 12.9. The van der Waals surface area contributed by atoms with E-state index in [1.54, 1.807) is 6.07 Å². The van der Waals surface area contributed by atoms with E-state index in [9.17, 15) is 18.0 Å². The second-order valence-electron chi connectivity index (χ2n) is 5.87. The van der Waals surface area contributed by atoms with Crippen molar-refractivity contribution >= 4 is 33.7 Å². The SMILES string of the molecule is CCCCC(CC)COC(=O)CCSc1cc(Br)cc(C(F)(F)F)c1. The van der Waals surface area contributed by atoms with E-state index in [0.29, 0.717) is 27.6 Å². The molecule has 7 heteroatoms. The Kier molecular flexibility index (Phi) is 9.94. The maximum atomic E-state index is 12.8. The van der Waals surface area contributed by atoms with Gasteiger partial charge in [0.2, 0.25) is 0 Å². The molecule has 0 spiro atoms. The topological polar surface area (TPSA) is 26.3 Å². The van der Waals surface area contributed by atoms with Crippen LogP contribution in [0.4, 0.5) is 13.2 Å². The van der Waals surface area contributed by atoms with Crippen LogP contribution in [0.1, 0.15) is 51.5 Å². The van der Waals surface area contributed by atoms with Gasteiger partial charge in [-0.1, -0.05) is 49.0 Å². The molecule has 0 aliphatic heterocycles. The summed E-state index contributed by atoms with van der Waals surface area (Å²) in [7, 11) is 0. The van der Waals surface area contributed by atoms with Crippen molar-refractivity contribution in [1.29, 1.82) is 0 Å². The predicted molar refractivity (Wildman–Crippen MR) is 98.8 cm³/mol. The Morgan fingerprint density at radius 2 is 2.00 bits per heavy atom. The molecule has 25 heavy (non-hydrogen) atoms. The number of hydrogen-bond donors (Lipinski definition) is 0. The van der Waals surface area contributed by atoms with Crippen molar-refractivity contribution in [3.8, 4) is 0 Å². The number of ether oxygens (including phenoxy) is 1. The number of thioether (sulfide) groups is 1. The van der Waals surface area contributed by atoms with Crippen molar-refractivity contribution in [3.05, 3.63) is 28.2 Å². The molecule has 0 aromatic heterocycles. The van der Waals surface area contributed by atoms with E-state index >= 15 is 0 Å². The van der Waals surface area contributed by atoms with E-state index in [2.05, 4.69) is 29.8 Å². The molecule has 0 N–H and O–H groups in total. The Labute approximate surface area is 160 Å². The molecule has 1 atom stereocenters. The molecule has 1 unspecified atom stereocenters. The summed E-state index contributed by atoms with van der Waals surface area (Å²) in [5, 5.41) is 0. The van der Waals surface area contributed by atoms with Gasteiger partial charge in [-0.3, -0.25) is 4.79 Å². The fourth-order valence-electron chi connectivity index (χ4n) is 2.24. The van der Waals surface area contributed by atoms with Crippen LogP contribution < -0.4 is 0 Å². The first-order valence-corrected chi connectivity index (χ1v) is 10.2. The van der Waals surface area contributed by atoms with E-state index in [-0.39, 0.29) is 12.4 Å². The molecule has 1 aromatic rings. The molecule has 142 valence electrons. The maximum absolute atomic E-state index is 12.8. The van der Waals surface area contributed by atoms with Crippen LogP contribution in [0.15, 0.2) is 27.6 Å². The number of carbonyl (C=O) groups excluding carboxylic acids is 1. The van der Waals surface area contributed by atoms with Gasteiger partial charge in [0.1, 0.15) is 0 Å². The van der Waals surface area contributed by atoms with Gasteiger partial charge in [-0.25, -0.2) is 0 Å². The summed E-state index contributed by atoms with van der Waals surface area (Å²) in [6.45, 7) is 4.63. The monoisotopic (exact) mass is 440 g/mol. The molecule has 0 aliphatic rings. The van der Waals surface area contributed by atoms with Crippen LogP contribution >= 0.6 is 27.7 Å². The Balaban J connectivity index is 2.42. The number of carbonyl (C=O) groups is 1. The first-order chi connectivity index (χ1) is 11.8. The van der Waals surface area contributed by atoms with Crippen LogP contribution in [-0.4, -0.2) is 18.3 Å². The first kappa shape index (κ1) is 22.4. The molecule has 0 saturated carbocycles. The lowest BCUT2D eigenvalue weighted by atomic mass is 10.0. The van der Waals surface area contributed by atoms with E-state index in [0.717, 1.165) is 37.8 Å². The van der Waals surface area contributed by atoms with Crippen molar-refractivity contribution < 1.29 is 22.7 Å². The summed E-state index contributed by atoms with van der Waals surface area (Å²) in [5.74, 6) is 0.475. The molecule has 0 saturated heterocycles. The lowest BCUT2D eigenvalue weighted by molar-refractivity contribution is -0.144. The summed E-state index contributed by atoms with van der Waals surface area (Å²) >= 11 is 4.31. The van der Waals surface area contributed by atoms with Crippen LogP contribution in [0.25, 0.3) is 0 Å². The van der Waals surface area contributed by atoms with E-state index in [4.69, 9.17) is 4.74 Å². The number of hydrogen-bond acceptors (Lipinski definition) is 3. The van der Waals surface area contributed by atoms with Gasteiger partial charge >= 0.3 is 12.1 Å². The minimum atomic E-state index is -4.38. The summed E-state index contributed by atoms with van der Waals surface area (Å²) in [6, 6.07) is 3.75. The lowest BCUT2D eigenvalue weighted by Crippen LogP contribution is -2.14. The highest BCUT2D eigenvalue weighted by atomic mass is 79.9. The predicted octanol–water partition coefficient (Wildman–Crippen LogP) is 6.71. The highest BCUT2D eigenvalue weighted by molar-refractivity contribution is 9.10. The van der Waals surface area contributed by atoms with Crippen molar-refractivity contribution in [2.45, 2.75) is 57.0 Å². The van der Waals surface area contributed by atoms with Gasteiger partial charge in [0.25, 0.3) is 0 Å². The number of esters is 1. The molecule has 2 nitrogen and oxygen atoms in total. The average Bonchev–Trinajstić information content (AvgIpc) is 2.53. The van der Waals surface area contributed by atoms with E-state index in [1.165, 1.54) is 11.8 Å². The maximum Gasteiger partial charge on any atom is 0.416 e. The van der Waals surface area contributed by atoms with Crippen LogP contribution in [-0.2, 0) is 15.7 Å². The van der Waals surface area contributed by atoms with Crippen molar-refractivity contribution in [2.75, 3.05) is 12.4 Å². The Hall–Kier alpha value is -0.690. The second kappa shape index (κ2) is 11.1. The molecule has 1 aromatic carbocycles. The summed E-state index contributed by atoms with van der Waals surface area (Å²) in [5.41, 5.74) is -0.700. The fourth-order valence-corrected chi connectivity index (χ4v) is 3.81. The van der Waals surface area contributed by atoms with Gasteiger partial charge in [0.15, 0.2) is 0 Å². The van der Waals surface area contributed by atoms with Crippen LogP contribution in [0.2, 0.25) is 0 Å². The zero-order valence-corrected chi connectivity index (χ0v) is 16.9. The number of rotatable bonds is 10. The van der Waals surface area contributed by atoms with Crippen molar-refractivity contribution in [1.82, 2.24) is 0 Å². The Morgan fingerprint density at radius 1 is 1.28 bits per heavy atom. The molecule has 0 amide bonds. The highest BCUT2D eigenvalue weighted by Crippen LogP contribution is 2.34. The first-order valence-electron chi connectivity index (χ1n) is 8.42. The molecule has 0 bridgehead atoms. The Morgan fingerprint density at radius 3 is 2.60 bits per heavy atom. The van der Waals surface area contributed by atoms with Crippen LogP contribution in [0.3, 0.4) is 0 Å². The summed E-state index contributed by atoms with van der Waals surface area (Å²) in [6.07, 6.45) is 0.0615. The van der Waals surface area contributed by atoms with Gasteiger partial charge in [-0.2, -0.15) is 13.2 Å². The van der Waals surface area contributed by atoms with Crippen molar-refractivity contribution in [2.24, 2.45) is 5.92 Å². The molecule has 0 heterocycles. The zero-order chi connectivity index (χ0) is 18.9. The van der Waals surface area contributed by atoms with Gasteiger partial charge in [-0.05, 0) is 30.5 Å². The van der Waals surface area contributed by atoms with Gasteiger partial charge in [0.05, 0.1) is 18.6 Å². The van der Waals surface area contributed by atoms with Crippen LogP contribution in [0.5, 0.6) is 0 Å². The van der Waals surface area contributed by atoms with E-state index in [1.807, 2.05) is 0 Å². The lowest BCUT2D eigenvalue weighted by Gasteiger charge is -2.14. The smallest absolute Gasteiger partial charge is 0.416 e. The molecule has 1 rings (SSSR count). The quantitative estimate of drug-likeness (QED) is 0.298. The second-order valence-corrected chi connectivity index (χ2v) is 7.96. The van der Waals surface area contributed by atoms with E-state index < -0.39 is 11.7 Å². The number of benzene rings is 1. The van der Waals surface area contributed by atoms with Crippen molar-refractivity contribution in [3.63, 3.8) is 0 Å². The Bertz CT molecular complexity index is 550. The standard InChI is InChI=1S/C18H24BrF3O2S/c1-3-5-6-13(4-2)12-24-17(23)7-8-25-16-10-14(18(20,21)22)9-15(19)11-16/h9-11,13H,3-8,12H2,1-2H3. The number of halogens is 4. The minimum absolute atomic E-state index is 0.183. The van der Waals surface area contributed by atoms with Gasteiger partial charge < -0.3 is 4.74 Å². The molecule has 0 aliphatic carbocycles. The zero-order valence-electron chi connectivity index (χ0n) is 14.5. The third kappa shape index (κ3) is 8.99. The summed E-state index contributed by atoms with van der Waals surface area (Å²) < 4.78 is 44.0. The number of unbranched alkanes of at least 4 members (excludes halogenated alkanes) is 1. The molecular formula is C18H24BrF3O2S. The average molecular weight is 441 g/mol. The fraction of sp³-hybridized carbons (Fsp3) is 0.611. The molecule has 0 radical (unpaired) electrons. The minimum Gasteiger partial charge on any atom is -0.465 e. The van der Waals surface area contributed by atoms with Crippen LogP contribution in [0, 0.1) is 5.92 Å². The largest absolute Gasteiger partial charge is 0.465 e. The third-order valence-electron chi connectivity index (χ3n) is 3.80. The third-order valence-corrected chi connectivity index (χ3v) is 5.23. The summed E-state index contributed by atoms with van der Waals surface area (Å²) in [4.78, 5) is 12.3. The van der Waals surface area contributed by atoms with Gasteiger partial charge in [-0.15, -0.1) is 11.8 Å². The highest BCUT2D eigenvalue weighted by Gasteiger charge is 2.31. The molecular weight excluding hydrogens is 417 g/mol. The number of alkyl halides is 3. The van der Waals surface area contributed by atoms with Gasteiger partial charge in [0, 0.05) is 15.1 Å².